The van der Waals surface area contributed by atoms with Gasteiger partial charge in [0.1, 0.15) is 12.2 Å². The topological polar surface area (TPSA) is 108 Å². The molecule has 0 saturated carbocycles. The van der Waals surface area contributed by atoms with Gasteiger partial charge >= 0.3 is 11.7 Å². The Bertz CT molecular complexity index is 872. The maximum absolute atomic E-state index is 11.9. The van der Waals surface area contributed by atoms with Gasteiger partial charge in [-0.3, -0.25) is 9.78 Å². The van der Waals surface area contributed by atoms with Gasteiger partial charge in [0.15, 0.2) is 5.17 Å². The molecule has 9 heteroatoms. The third-order valence-corrected chi connectivity index (χ3v) is 4.45. The number of hydrogen-bond acceptors (Lipinski definition) is 6. The molecule has 1 aliphatic rings. The summed E-state index contributed by atoms with van der Waals surface area (Å²) in [4.78, 5) is 46.0. The predicted molar refractivity (Wildman–Crippen MR) is 94.9 cm³/mol. The van der Waals surface area contributed by atoms with Crippen LogP contribution >= 0.6 is 11.8 Å². The van der Waals surface area contributed by atoms with Gasteiger partial charge < -0.3 is 14.6 Å². The highest BCUT2D eigenvalue weighted by atomic mass is 32.2. The number of esters is 1. The fourth-order valence-corrected chi connectivity index (χ4v) is 3.35. The quantitative estimate of drug-likeness (QED) is 0.783. The van der Waals surface area contributed by atoms with Gasteiger partial charge in [-0.15, -0.1) is 0 Å². The molecule has 0 aliphatic carbocycles. The Morgan fingerprint density at radius 1 is 1.28 bits per heavy atom. The summed E-state index contributed by atoms with van der Waals surface area (Å²) in [5.41, 5.74) is 0.870. The van der Waals surface area contributed by atoms with E-state index < -0.39 is 11.7 Å². The number of benzene rings is 1. The molecule has 1 amide bonds. The molecule has 0 bridgehead atoms. The lowest BCUT2D eigenvalue weighted by Gasteiger charge is -2.18. The van der Waals surface area contributed by atoms with Crippen molar-refractivity contribution in [2.45, 2.75) is 12.7 Å². The van der Waals surface area contributed by atoms with E-state index in [4.69, 9.17) is 4.74 Å². The van der Waals surface area contributed by atoms with E-state index in [1.165, 1.54) is 11.8 Å². The summed E-state index contributed by atoms with van der Waals surface area (Å²) >= 11 is 1.26. The smallest absolute Gasteiger partial charge is 0.356 e. The second kappa shape index (κ2) is 7.39. The number of amides is 1. The fraction of sp³-hybridized carbons (Fsp3) is 0.250. The molecular formula is C16H16N4O4S. The van der Waals surface area contributed by atoms with Crippen LogP contribution in [-0.4, -0.2) is 40.2 Å². The van der Waals surface area contributed by atoms with E-state index in [0.29, 0.717) is 10.9 Å². The molecule has 2 heterocycles. The van der Waals surface area contributed by atoms with E-state index in [1.54, 1.807) is 11.8 Å². The lowest BCUT2D eigenvalue weighted by atomic mass is 10.3. The molecule has 0 spiro atoms. The van der Waals surface area contributed by atoms with Crippen molar-refractivity contribution >= 4 is 34.5 Å². The van der Waals surface area contributed by atoms with Gasteiger partial charge in [0.25, 0.3) is 5.91 Å². The number of nitrogens with zero attached hydrogens (tertiary/aromatic N) is 2. The van der Waals surface area contributed by atoms with Crippen LogP contribution < -0.4 is 10.6 Å². The normalized spacial score (nSPS) is 13.9. The van der Waals surface area contributed by atoms with E-state index in [1.807, 2.05) is 30.3 Å². The first kappa shape index (κ1) is 17.0. The number of ether oxygens (including phenoxy) is 1. The molecule has 3 rings (SSSR count). The molecule has 0 fully saturated rings. The molecule has 130 valence electrons. The van der Waals surface area contributed by atoms with Crippen molar-refractivity contribution in [2.24, 2.45) is 4.99 Å². The highest BCUT2D eigenvalue weighted by molar-refractivity contribution is 8.13. The van der Waals surface area contributed by atoms with Crippen molar-refractivity contribution in [3.8, 4) is 0 Å². The third kappa shape index (κ3) is 3.82. The van der Waals surface area contributed by atoms with Crippen LogP contribution in [0.4, 0.5) is 5.69 Å². The zero-order chi connectivity index (χ0) is 17.8. The number of amidine groups is 1. The number of H-pyrrole nitrogens is 2. The van der Waals surface area contributed by atoms with E-state index in [0.717, 1.165) is 5.69 Å². The minimum Gasteiger partial charge on any atom is -0.461 e. The van der Waals surface area contributed by atoms with Crippen molar-refractivity contribution in [3.63, 3.8) is 0 Å². The number of rotatable bonds is 5. The number of anilines is 1. The van der Waals surface area contributed by atoms with Crippen LogP contribution in [0.15, 0.2) is 40.1 Å². The highest BCUT2D eigenvalue weighted by Gasteiger charge is 2.26. The second-order valence-electron chi connectivity index (χ2n) is 5.15. The number of hydrogen-bond donors (Lipinski definition) is 2. The molecule has 0 unspecified atom stereocenters. The second-order valence-corrected chi connectivity index (χ2v) is 6.09. The third-order valence-electron chi connectivity index (χ3n) is 3.44. The summed E-state index contributed by atoms with van der Waals surface area (Å²) < 4.78 is 4.93. The van der Waals surface area contributed by atoms with Gasteiger partial charge in [-0.2, -0.15) is 4.99 Å². The van der Waals surface area contributed by atoms with Crippen molar-refractivity contribution in [3.05, 3.63) is 52.2 Å². The molecule has 2 N–H and O–H groups in total. The molecule has 25 heavy (non-hydrogen) atoms. The summed E-state index contributed by atoms with van der Waals surface area (Å²) in [6, 6.07) is 9.42. The fourth-order valence-electron chi connectivity index (χ4n) is 2.37. The maximum atomic E-state index is 11.9. The van der Waals surface area contributed by atoms with Crippen molar-refractivity contribution in [1.29, 1.82) is 0 Å². The van der Waals surface area contributed by atoms with Crippen molar-refractivity contribution < 1.29 is 14.3 Å². The predicted octanol–water partition coefficient (Wildman–Crippen LogP) is 1.52. The van der Waals surface area contributed by atoms with Crippen molar-refractivity contribution in [2.75, 3.05) is 18.1 Å². The molecule has 1 aromatic heterocycles. The summed E-state index contributed by atoms with van der Waals surface area (Å²) in [6.45, 7) is 2.07. The van der Waals surface area contributed by atoms with Gasteiger partial charge in [-0.25, -0.2) is 9.59 Å². The number of carbonyl (C=O) groups excluding carboxylic acids is 2. The number of imidazole rings is 1. The largest absolute Gasteiger partial charge is 0.461 e. The molecule has 0 radical (unpaired) electrons. The first-order chi connectivity index (χ1) is 12.1. The van der Waals surface area contributed by atoms with Gasteiger partial charge in [0, 0.05) is 11.4 Å². The number of aromatic amines is 2. The number of aromatic nitrogens is 2. The van der Waals surface area contributed by atoms with Gasteiger partial charge in [0.2, 0.25) is 0 Å². The van der Waals surface area contributed by atoms with E-state index in [-0.39, 0.29) is 30.5 Å². The van der Waals surface area contributed by atoms with Crippen LogP contribution in [0.3, 0.4) is 0 Å². The van der Waals surface area contributed by atoms with Crippen LogP contribution in [0.2, 0.25) is 0 Å². The summed E-state index contributed by atoms with van der Waals surface area (Å²) in [5, 5.41) is 0.521. The number of thioether (sulfide) groups is 1. The Kier molecular flexibility index (Phi) is 5.03. The first-order valence-electron chi connectivity index (χ1n) is 7.63. The first-order valence-corrected chi connectivity index (χ1v) is 8.62. The van der Waals surface area contributed by atoms with E-state index >= 15 is 0 Å². The average Bonchev–Trinajstić information content (AvgIpc) is 3.16. The van der Waals surface area contributed by atoms with Crippen LogP contribution in [0.5, 0.6) is 0 Å². The van der Waals surface area contributed by atoms with Crippen LogP contribution in [-0.2, 0) is 15.3 Å². The molecule has 8 nitrogen and oxygen atoms in total. The Balaban J connectivity index is 1.77. The van der Waals surface area contributed by atoms with Gasteiger partial charge in [0.05, 0.1) is 12.3 Å². The van der Waals surface area contributed by atoms with Gasteiger partial charge in [-0.1, -0.05) is 30.0 Å². The van der Waals surface area contributed by atoms with Crippen LogP contribution in [0, 0.1) is 0 Å². The van der Waals surface area contributed by atoms with Crippen LogP contribution in [0.1, 0.15) is 23.1 Å². The Morgan fingerprint density at radius 3 is 2.76 bits per heavy atom. The summed E-state index contributed by atoms with van der Waals surface area (Å²) in [5.74, 6) is -0.567. The summed E-state index contributed by atoms with van der Waals surface area (Å²) in [7, 11) is 0. The highest BCUT2D eigenvalue weighted by Crippen LogP contribution is 2.25. The molecular weight excluding hydrogens is 344 g/mol. The van der Waals surface area contributed by atoms with E-state index in [9.17, 15) is 14.4 Å². The van der Waals surface area contributed by atoms with E-state index in [2.05, 4.69) is 15.0 Å². The zero-order valence-electron chi connectivity index (χ0n) is 13.4. The molecule has 2 aromatic rings. The lowest BCUT2D eigenvalue weighted by molar-refractivity contribution is -0.115. The molecule has 1 aliphatic heterocycles. The maximum Gasteiger partial charge on any atom is 0.356 e. The monoisotopic (exact) mass is 360 g/mol. The minimum absolute atomic E-state index is 0.0931. The molecule has 1 aromatic carbocycles. The molecule has 0 atom stereocenters. The van der Waals surface area contributed by atoms with Crippen LogP contribution in [0.25, 0.3) is 0 Å². The van der Waals surface area contributed by atoms with Gasteiger partial charge in [-0.05, 0) is 19.1 Å². The number of nitrogens with one attached hydrogen (secondary N) is 2. The lowest BCUT2D eigenvalue weighted by Crippen LogP contribution is -2.26. The number of para-hydroxylation sites is 1. The SMILES string of the molecule is CCOC(=O)c1[nH]c(=O)[nH]c1CSC1=NC(=O)CN1c1ccccc1. The average molecular weight is 360 g/mol. The Hall–Kier alpha value is -2.81. The summed E-state index contributed by atoms with van der Waals surface area (Å²) in [6.07, 6.45) is 0. The Morgan fingerprint density at radius 2 is 2.04 bits per heavy atom. The van der Waals surface area contributed by atoms with Crippen molar-refractivity contribution in [1.82, 2.24) is 9.97 Å². The minimum atomic E-state index is -0.596. The number of aliphatic imine (C=N–C) groups is 1. The number of carbonyl (C=O) groups is 2. The standard InChI is InChI=1S/C16H16N4O4S/c1-2-24-14(22)13-11(17-15(23)19-13)9-25-16-18-12(21)8-20(16)10-6-4-3-5-7-10/h3-7H,2,8-9H2,1H3,(H2,17,19,23). The zero-order valence-corrected chi connectivity index (χ0v) is 14.3. The Labute approximate surface area is 147 Å². The molecule has 0 saturated heterocycles.